The van der Waals surface area contributed by atoms with Gasteiger partial charge in [-0.25, -0.2) is 0 Å². The second kappa shape index (κ2) is 19.9. The molecule has 0 aromatic heterocycles. The Bertz CT molecular complexity index is 229. The van der Waals surface area contributed by atoms with E-state index in [4.69, 9.17) is 9.47 Å². The molecule has 0 aliphatic carbocycles. The molecule has 0 bridgehead atoms. The quantitative estimate of drug-likeness (QED) is 0.407. The van der Waals surface area contributed by atoms with Crippen molar-refractivity contribution in [1.29, 1.82) is 0 Å². The van der Waals surface area contributed by atoms with Gasteiger partial charge in [0.1, 0.15) is 13.2 Å². The monoisotopic (exact) mass is 320 g/mol. The van der Waals surface area contributed by atoms with Crippen molar-refractivity contribution >= 4 is 11.9 Å². The third-order valence-electron chi connectivity index (χ3n) is 2.35. The van der Waals surface area contributed by atoms with Crippen LogP contribution in [0.2, 0.25) is 0 Å². The van der Waals surface area contributed by atoms with Gasteiger partial charge in [-0.15, -0.1) is 0 Å². The molecule has 0 fully saturated rings. The summed E-state index contributed by atoms with van der Waals surface area (Å²) in [6.07, 6.45) is 4.40. The van der Waals surface area contributed by atoms with Crippen LogP contribution >= 0.6 is 0 Å². The molecule has 6 nitrogen and oxygen atoms in total. The van der Waals surface area contributed by atoms with Gasteiger partial charge < -0.3 is 18.9 Å². The summed E-state index contributed by atoms with van der Waals surface area (Å²) >= 11 is 0. The zero-order valence-corrected chi connectivity index (χ0v) is 14.5. The van der Waals surface area contributed by atoms with E-state index in [1.165, 1.54) is 13.8 Å². The fourth-order valence-electron chi connectivity index (χ4n) is 1.19. The van der Waals surface area contributed by atoms with Crippen molar-refractivity contribution in [3.63, 3.8) is 0 Å². The first-order valence-corrected chi connectivity index (χ1v) is 7.96. The minimum absolute atomic E-state index is 0.246. The van der Waals surface area contributed by atoms with Gasteiger partial charge in [0, 0.05) is 27.1 Å². The summed E-state index contributed by atoms with van der Waals surface area (Å²) in [7, 11) is 0. The van der Waals surface area contributed by atoms with E-state index in [-0.39, 0.29) is 11.9 Å². The summed E-state index contributed by atoms with van der Waals surface area (Å²) in [6.45, 7) is 10.3. The largest absolute Gasteiger partial charge is 0.463 e. The lowest BCUT2D eigenvalue weighted by Gasteiger charge is -2.02. The Kier molecular flexibility index (Phi) is 20.9. The average Bonchev–Trinajstić information content (AvgIpc) is 2.46. The highest BCUT2D eigenvalue weighted by Crippen LogP contribution is 1.88. The second-order valence-electron chi connectivity index (χ2n) is 4.61. The standard InChI is InChI=1S/2C8H16O3/c2*1-3-4-5-10-6-7-11-8(2)9/h2*3-7H2,1-2H3. The third-order valence-corrected chi connectivity index (χ3v) is 2.35. The molecule has 0 amide bonds. The number of carbonyl (C=O) groups is 2. The lowest BCUT2D eigenvalue weighted by molar-refractivity contribution is -0.143. The van der Waals surface area contributed by atoms with E-state index < -0.39 is 0 Å². The minimum atomic E-state index is -0.246. The van der Waals surface area contributed by atoms with Gasteiger partial charge in [-0.2, -0.15) is 0 Å². The van der Waals surface area contributed by atoms with Crippen LogP contribution in [0.4, 0.5) is 0 Å². The summed E-state index contributed by atoms with van der Waals surface area (Å²) < 4.78 is 19.6. The number of rotatable bonds is 12. The predicted molar refractivity (Wildman–Crippen MR) is 84.7 cm³/mol. The van der Waals surface area contributed by atoms with Gasteiger partial charge in [0.15, 0.2) is 0 Å². The molecule has 0 N–H and O–H groups in total. The van der Waals surface area contributed by atoms with Crippen molar-refractivity contribution in [2.75, 3.05) is 39.6 Å². The first-order chi connectivity index (χ1) is 10.5. The number of unbranched alkanes of at least 4 members (excludes halogenated alkanes) is 2. The molecule has 6 heteroatoms. The summed E-state index contributed by atoms with van der Waals surface area (Å²) in [5.74, 6) is -0.492. The first kappa shape index (κ1) is 23.1. The van der Waals surface area contributed by atoms with Crippen molar-refractivity contribution < 1.29 is 28.5 Å². The minimum Gasteiger partial charge on any atom is -0.463 e. The summed E-state index contributed by atoms with van der Waals surface area (Å²) in [4.78, 5) is 20.5. The molecular formula is C16H32O6. The lowest BCUT2D eigenvalue weighted by Crippen LogP contribution is -2.07. The number of esters is 2. The first-order valence-electron chi connectivity index (χ1n) is 7.96. The van der Waals surface area contributed by atoms with E-state index in [2.05, 4.69) is 23.3 Å². The molecule has 0 saturated carbocycles. The Labute approximate surface area is 134 Å². The smallest absolute Gasteiger partial charge is 0.302 e. The zero-order chi connectivity index (χ0) is 17.1. The van der Waals surface area contributed by atoms with Gasteiger partial charge in [-0.3, -0.25) is 9.59 Å². The van der Waals surface area contributed by atoms with Gasteiger partial charge in [-0.1, -0.05) is 26.7 Å². The van der Waals surface area contributed by atoms with E-state index in [1.54, 1.807) is 0 Å². The van der Waals surface area contributed by atoms with Crippen LogP contribution in [0.5, 0.6) is 0 Å². The zero-order valence-electron chi connectivity index (χ0n) is 14.5. The van der Waals surface area contributed by atoms with Crippen molar-refractivity contribution in [3.8, 4) is 0 Å². The fourth-order valence-corrected chi connectivity index (χ4v) is 1.19. The van der Waals surface area contributed by atoms with Crippen LogP contribution in [-0.4, -0.2) is 51.6 Å². The van der Waals surface area contributed by atoms with Crippen LogP contribution in [-0.2, 0) is 28.5 Å². The summed E-state index contributed by atoms with van der Waals surface area (Å²) in [6, 6.07) is 0. The van der Waals surface area contributed by atoms with Crippen molar-refractivity contribution in [1.82, 2.24) is 0 Å². The topological polar surface area (TPSA) is 71.1 Å². The van der Waals surface area contributed by atoms with Crippen LogP contribution in [0.1, 0.15) is 53.4 Å². The molecule has 0 aliphatic heterocycles. The Balaban J connectivity index is 0. The van der Waals surface area contributed by atoms with Gasteiger partial charge >= 0.3 is 11.9 Å². The molecular weight excluding hydrogens is 288 g/mol. The molecule has 132 valence electrons. The molecule has 0 aromatic rings. The van der Waals surface area contributed by atoms with E-state index in [0.717, 1.165) is 38.9 Å². The van der Waals surface area contributed by atoms with Crippen LogP contribution in [0.15, 0.2) is 0 Å². The molecule has 0 aromatic carbocycles. The Morgan fingerprint density at radius 3 is 1.27 bits per heavy atom. The molecule has 0 saturated heterocycles. The third kappa shape index (κ3) is 27.2. The van der Waals surface area contributed by atoms with Gasteiger partial charge in [-0.05, 0) is 12.8 Å². The highest BCUT2D eigenvalue weighted by Gasteiger charge is 1.92. The second-order valence-corrected chi connectivity index (χ2v) is 4.61. The summed E-state index contributed by atoms with van der Waals surface area (Å²) in [5, 5.41) is 0. The van der Waals surface area contributed by atoms with Crippen LogP contribution < -0.4 is 0 Å². The predicted octanol–water partition coefficient (Wildman–Crippen LogP) is 2.73. The maximum Gasteiger partial charge on any atom is 0.302 e. The highest BCUT2D eigenvalue weighted by molar-refractivity contribution is 5.66. The molecule has 0 atom stereocenters. The Morgan fingerprint density at radius 2 is 1.00 bits per heavy atom. The maximum atomic E-state index is 10.3. The highest BCUT2D eigenvalue weighted by atomic mass is 16.6. The van der Waals surface area contributed by atoms with E-state index >= 15 is 0 Å². The Hall–Kier alpha value is -1.14. The molecule has 0 rings (SSSR count). The normalized spacial score (nSPS) is 9.64. The maximum absolute atomic E-state index is 10.3. The molecule has 0 radical (unpaired) electrons. The van der Waals surface area contributed by atoms with Crippen molar-refractivity contribution in [2.45, 2.75) is 53.4 Å². The van der Waals surface area contributed by atoms with E-state index in [0.29, 0.717) is 26.4 Å². The summed E-state index contributed by atoms with van der Waals surface area (Å²) in [5.41, 5.74) is 0. The molecule has 0 spiro atoms. The van der Waals surface area contributed by atoms with E-state index in [1.807, 2.05) is 0 Å². The molecule has 0 unspecified atom stereocenters. The van der Waals surface area contributed by atoms with Gasteiger partial charge in [0.05, 0.1) is 13.2 Å². The van der Waals surface area contributed by atoms with Crippen LogP contribution in [0.25, 0.3) is 0 Å². The molecule has 22 heavy (non-hydrogen) atoms. The van der Waals surface area contributed by atoms with Crippen molar-refractivity contribution in [3.05, 3.63) is 0 Å². The number of ether oxygens (including phenoxy) is 4. The average molecular weight is 320 g/mol. The number of hydrogen-bond acceptors (Lipinski definition) is 6. The Morgan fingerprint density at radius 1 is 0.636 bits per heavy atom. The number of hydrogen-bond donors (Lipinski definition) is 0. The van der Waals surface area contributed by atoms with E-state index in [9.17, 15) is 9.59 Å². The SMILES string of the molecule is CCCCOCCOC(C)=O.CCCCOCCOC(C)=O. The van der Waals surface area contributed by atoms with Gasteiger partial charge in [0.25, 0.3) is 0 Å². The lowest BCUT2D eigenvalue weighted by atomic mass is 10.4. The van der Waals surface area contributed by atoms with Gasteiger partial charge in [0.2, 0.25) is 0 Å². The fraction of sp³-hybridized carbons (Fsp3) is 0.875. The molecule has 0 heterocycles. The van der Waals surface area contributed by atoms with Crippen molar-refractivity contribution in [2.24, 2.45) is 0 Å². The van der Waals surface area contributed by atoms with Crippen LogP contribution in [0, 0.1) is 0 Å². The van der Waals surface area contributed by atoms with Crippen LogP contribution in [0.3, 0.4) is 0 Å². The molecule has 0 aliphatic rings. The number of carbonyl (C=O) groups excluding carboxylic acids is 2.